The summed E-state index contributed by atoms with van der Waals surface area (Å²) in [5.74, 6) is -0.437. The first-order valence-electron chi connectivity index (χ1n) is 8.02. The van der Waals surface area contributed by atoms with Gasteiger partial charge in [0, 0.05) is 31.9 Å². The lowest BCUT2D eigenvalue weighted by atomic mass is 10.2. The molecule has 1 saturated heterocycles. The highest BCUT2D eigenvalue weighted by atomic mass is 16.6. The molecule has 0 bridgehead atoms. The van der Waals surface area contributed by atoms with Crippen molar-refractivity contribution in [1.82, 2.24) is 15.2 Å². The number of aromatic nitrogens is 1. The Morgan fingerprint density at radius 3 is 2.83 bits per heavy atom. The molecule has 1 aromatic rings. The number of hydrogen-bond acceptors (Lipinski definition) is 6. The molecule has 24 heavy (non-hydrogen) atoms. The van der Waals surface area contributed by atoms with Gasteiger partial charge in [0.2, 0.25) is 0 Å². The molecule has 1 aliphatic rings. The van der Waals surface area contributed by atoms with Gasteiger partial charge < -0.3 is 14.8 Å². The highest BCUT2D eigenvalue weighted by Crippen LogP contribution is 2.16. The smallest absolute Gasteiger partial charge is 0.407 e. The number of carbonyl (C=O) groups is 2. The van der Waals surface area contributed by atoms with E-state index in [0.29, 0.717) is 18.8 Å². The van der Waals surface area contributed by atoms with Crippen LogP contribution < -0.4 is 5.32 Å². The van der Waals surface area contributed by atoms with E-state index in [0.717, 1.165) is 18.5 Å². The van der Waals surface area contributed by atoms with E-state index in [1.165, 1.54) is 7.11 Å². The number of nitrogens with one attached hydrogen (secondary N) is 1. The monoisotopic (exact) mass is 335 g/mol. The van der Waals surface area contributed by atoms with Gasteiger partial charge in [0.25, 0.3) is 0 Å². The zero-order valence-corrected chi connectivity index (χ0v) is 14.7. The Labute approximate surface area is 142 Å². The fraction of sp³-hybridized carbons (Fsp3) is 0.588. The van der Waals surface area contributed by atoms with Crippen LogP contribution in [0.5, 0.6) is 0 Å². The van der Waals surface area contributed by atoms with Gasteiger partial charge in [-0.1, -0.05) is 6.07 Å². The molecule has 2 rings (SSSR count). The van der Waals surface area contributed by atoms with E-state index in [1.54, 1.807) is 12.3 Å². The third-order valence-corrected chi connectivity index (χ3v) is 3.66. The van der Waals surface area contributed by atoms with E-state index in [-0.39, 0.29) is 6.04 Å². The second kappa shape index (κ2) is 7.61. The zero-order valence-electron chi connectivity index (χ0n) is 14.7. The fourth-order valence-electron chi connectivity index (χ4n) is 2.66. The Bertz CT molecular complexity index is 598. The van der Waals surface area contributed by atoms with Crippen LogP contribution in [0.15, 0.2) is 18.3 Å². The van der Waals surface area contributed by atoms with Gasteiger partial charge in [0.1, 0.15) is 5.60 Å². The Morgan fingerprint density at radius 2 is 2.17 bits per heavy atom. The summed E-state index contributed by atoms with van der Waals surface area (Å²) < 4.78 is 10.0. The molecule has 7 heteroatoms. The molecule has 0 radical (unpaired) electrons. The van der Waals surface area contributed by atoms with Crippen LogP contribution in [0.3, 0.4) is 0 Å². The summed E-state index contributed by atoms with van der Waals surface area (Å²) >= 11 is 0. The number of methoxy groups -OCH3 is 1. The molecule has 0 spiro atoms. The fourth-order valence-corrected chi connectivity index (χ4v) is 2.66. The SMILES string of the molecule is COC(=O)c1ncccc1CN1CCC(NC(=O)OC(C)(C)C)C1. The Hall–Kier alpha value is -2.15. The van der Waals surface area contributed by atoms with Crippen molar-refractivity contribution in [2.75, 3.05) is 20.2 Å². The van der Waals surface area contributed by atoms with Crippen molar-refractivity contribution in [2.24, 2.45) is 0 Å². The van der Waals surface area contributed by atoms with Gasteiger partial charge in [-0.05, 0) is 38.8 Å². The normalized spacial score (nSPS) is 18.2. The van der Waals surface area contributed by atoms with Crippen LogP contribution in [-0.2, 0) is 16.0 Å². The molecule has 1 aromatic heterocycles. The van der Waals surface area contributed by atoms with Crippen LogP contribution in [0.25, 0.3) is 0 Å². The number of alkyl carbamates (subject to hydrolysis) is 1. The maximum absolute atomic E-state index is 11.8. The molecular formula is C17H25N3O4. The van der Waals surface area contributed by atoms with Gasteiger partial charge in [-0.25, -0.2) is 14.6 Å². The average Bonchev–Trinajstić information content (AvgIpc) is 2.92. The molecule has 1 unspecified atom stereocenters. The van der Waals surface area contributed by atoms with Crippen LogP contribution in [-0.4, -0.2) is 53.8 Å². The third kappa shape index (κ3) is 5.19. The number of carbonyl (C=O) groups excluding carboxylic acids is 2. The van der Waals surface area contributed by atoms with Crippen LogP contribution in [0.4, 0.5) is 4.79 Å². The lowest BCUT2D eigenvalue weighted by molar-refractivity contribution is 0.0505. The molecular weight excluding hydrogens is 310 g/mol. The van der Waals surface area contributed by atoms with E-state index >= 15 is 0 Å². The number of esters is 1. The molecule has 0 saturated carbocycles. The van der Waals surface area contributed by atoms with Gasteiger partial charge in [0.05, 0.1) is 7.11 Å². The van der Waals surface area contributed by atoms with Crippen molar-refractivity contribution in [3.05, 3.63) is 29.6 Å². The molecule has 1 N–H and O–H groups in total. The molecule has 7 nitrogen and oxygen atoms in total. The predicted octanol–water partition coefficient (Wildman–Crippen LogP) is 1.97. The second-order valence-electron chi connectivity index (χ2n) is 6.87. The van der Waals surface area contributed by atoms with E-state index in [4.69, 9.17) is 9.47 Å². The summed E-state index contributed by atoms with van der Waals surface area (Å²) in [4.78, 5) is 29.9. The van der Waals surface area contributed by atoms with Gasteiger partial charge in [-0.2, -0.15) is 0 Å². The van der Waals surface area contributed by atoms with Gasteiger partial charge >= 0.3 is 12.1 Å². The Balaban J connectivity index is 1.91. The van der Waals surface area contributed by atoms with Crippen LogP contribution in [0.2, 0.25) is 0 Å². The van der Waals surface area contributed by atoms with Crippen molar-refractivity contribution in [3.8, 4) is 0 Å². The molecule has 0 aromatic carbocycles. The number of nitrogens with zero attached hydrogens (tertiary/aromatic N) is 2. The maximum atomic E-state index is 11.8. The van der Waals surface area contributed by atoms with Gasteiger partial charge in [0.15, 0.2) is 5.69 Å². The number of ether oxygens (including phenoxy) is 2. The van der Waals surface area contributed by atoms with E-state index in [1.807, 2.05) is 26.8 Å². The topological polar surface area (TPSA) is 80.8 Å². The van der Waals surface area contributed by atoms with Crippen LogP contribution in [0, 0.1) is 0 Å². The summed E-state index contributed by atoms with van der Waals surface area (Å²) in [5.41, 5.74) is 0.652. The number of likely N-dealkylation sites (tertiary alicyclic amines) is 1. The molecule has 2 heterocycles. The van der Waals surface area contributed by atoms with Crippen molar-refractivity contribution in [2.45, 2.75) is 45.4 Å². The number of rotatable bonds is 4. The number of hydrogen-bond donors (Lipinski definition) is 1. The van der Waals surface area contributed by atoms with E-state index in [9.17, 15) is 9.59 Å². The lowest BCUT2D eigenvalue weighted by Gasteiger charge is -2.22. The average molecular weight is 335 g/mol. The number of amides is 1. The van der Waals surface area contributed by atoms with Crippen molar-refractivity contribution < 1.29 is 19.1 Å². The second-order valence-corrected chi connectivity index (χ2v) is 6.87. The maximum Gasteiger partial charge on any atom is 0.407 e. The summed E-state index contributed by atoms with van der Waals surface area (Å²) in [6.07, 6.45) is 2.02. The third-order valence-electron chi connectivity index (χ3n) is 3.66. The van der Waals surface area contributed by atoms with Crippen molar-refractivity contribution >= 4 is 12.1 Å². The summed E-state index contributed by atoms with van der Waals surface area (Å²) in [6.45, 7) is 7.63. The van der Waals surface area contributed by atoms with Crippen molar-refractivity contribution in [3.63, 3.8) is 0 Å². The first-order valence-corrected chi connectivity index (χ1v) is 8.02. The molecule has 1 amide bonds. The molecule has 1 aliphatic heterocycles. The summed E-state index contributed by atoms with van der Waals surface area (Å²) in [5, 5.41) is 2.89. The Morgan fingerprint density at radius 1 is 1.42 bits per heavy atom. The van der Waals surface area contributed by atoms with Crippen molar-refractivity contribution in [1.29, 1.82) is 0 Å². The molecule has 1 fully saturated rings. The molecule has 0 aliphatic carbocycles. The minimum absolute atomic E-state index is 0.0399. The van der Waals surface area contributed by atoms with E-state index < -0.39 is 17.7 Å². The minimum Gasteiger partial charge on any atom is -0.464 e. The van der Waals surface area contributed by atoms with Gasteiger partial charge in [-0.3, -0.25) is 4.90 Å². The summed E-state index contributed by atoms with van der Waals surface area (Å²) in [6, 6.07) is 3.71. The molecule has 132 valence electrons. The lowest BCUT2D eigenvalue weighted by Crippen LogP contribution is -2.40. The quantitative estimate of drug-likeness (QED) is 0.847. The van der Waals surface area contributed by atoms with Gasteiger partial charge in [-0.15, -0.1) is 0 Å². The first-order chi connectivity index (χ1) is 11.3. The predicted molar refractivity (Wildman–Crippen MR) is 88.6 cm³/mol. The van der Waals surface area contributed by atoms with Crippen LogP contribution >= 0.6 is 0 Å². The zero-order chi connectivity index (χ0) is 17.7. The minimum atomic E-state index is -0.506. The molecule has 1 atom stereocenters. The highest BCUT2D eigenvalue weighted by molar-refractivity contribution is 5.88. The highest BCUT2D eigenvalue weighted by Gasteiger charge is 2.27. The summed E-state index contributed by atoms with van der Waals surface area (Å²) in [7, 11) is 1.34. The number of pyridine rings is 1. The standard InChI is InChI=1S/C17H25N3O4/c1-17(2,3)24-16(22)19-13-7-9-20(11-13)10-12-6-5-8-18-14(12)15(21)23-4/h5-6,8,13H,7,9-11H2,1-4H3,(H,19,22). The van der Waals surface area contributed by atoms with Crippen LogP contribution in [0.1, 0.15) is 43.2 Å². The largest absolute Gasteiger partial charge is 0.464 e. The Kier molecular flexibility index (Phi) is 5.77. The van der Waals surface area contributed by atoms with E-state index in [2.05, 4.69) is 15.2 Å². The first kappa shape index (κ1) is 18.2.